The molecule has 2 heteroatoms. The van der Waals surface area contributed by atoms with Crippen molar-refractivity contribution in [2.24, 2.45) is 46.3 Å². The molecule has 9 unspecified atom stereocenters. The highest BCUT2D eigenvalue weighted by atomic mass is 16.3. The number of aliphatic hydroxyl groups is 2. The molecule has 0 heterocycles. The van der Waals surface area contributed by atoms with Crippen LogP contribution >= 0.6 is 0 Å². The lowest BCUT2D eigenvalue weighted by Crippen LogP contribution is -2.55. The zero-order valence-electron chi connectivity index (χ0n) is 20.8. The largest absolute Gasteiger partial charge is 0.390 e. The van der Waals surface area contributed by atoms with Gasteiger partial charge in [0.25, 0.3) is 0 Å². The molecular weight excluding hydrogens is 368 g/mol. The molecule has 174 valence electrons. The van der Waals surface area contributed by atoms with Gasteiger partial charge >= 0.3 is 0 Å². The lowest BCUT2D eigenvalue weighted by molar-refractivity contribution is -0.146. The lowest BCUT2D eigenvalue weighted by Gasteiger charge is -2.62. The first-order valence-corrected chi connectivity index (χ1v) is 13.3. The van der Waals surface area contributed by atoms with Crippen LogP contribution in [0.4, 0.5) is 0 Å². The SMILES string of the molecule is CC(C)C(C)(O)CCCC1CCC2C3CCC4CC(C)(O)CCC4(C)C3CCC12C. The minimum Gasteiger partial charge on any atom is -0.390 e. The monoisotopic (exact) mass is 418 g/mol. The molecule has 2 N–H and O–H groups in total. The molecule has 4 fully saturated rings. The summed E-state index contributed by atoms with van der Waals surface area (Å²) in [7, 11) is 0. The van der Waals surface area contributed by atoms with Gasteiger partial charge < -0.3 is 10.2 Å². The summed E-state index contributed by atoms with van der Waals surface area (Å²) in [5, 5.41) is 21.4. The highest BCUT2D eigenvalue weighted by molar-refractivity contribution is 5.10. The normalized spacial score (nSPS) is 50.5. The topological polar surface area (TPSA) is 40.5 Å². The third-order valence-electron chi connectivity index (χ3n) is 11.6. The van der Waals surface area contributed by atoms with Crippen molar-refractivity contribution < 1.29 is 10.2 Å². The first-order valence-electron chi connectivity index (χ1n) is 13.3. The van der Waals surface area contributed by atoms with E-state index in [-0.39, 0.29) is 0 Å². The molecule has 0 spiro atoms. The van der Waals surface area contributed by atoms with Crippen molar-refractivity contribution >= 4 is 0 Å². The number of rotatable bonds is 5. The summed E-state index contributed by atoms with van der Waals surface area (Å²) in [5.41, 5.74) is 0.0797. The van der Waals surface area contributed by atoms with E-state index in [4.69, 9.17) is 0 Å². The molecule has 0 bridgehead atoms. The van der Waals surface area contributed by atoms with Crippen molar-refractivity contribution in [3.63, 3.8) is 0 Å². The molecule has 0 saturated heterocycles. The van der Waals surface area contributed by atoms with Crippen LogP contribution in [0.3, 0.4) is 0 Å². The fourth-order valence-electron chi connectivity index (χ4n) is 9.01. The molecule has 0 aliphatic heterocycles. The summed E-state index contributed by atoms with van der Waals surface area (Å²) >= 11 is 0. The Labute approximate surface area is 186 Å². The number of hydrogen-bond acceptors (Lipinski definition) is 2. The smallest absolute Gasteiger partial charge is 0.0642 e. The standard InChI is InChI=1S/C28H50O2/c1-19(2)28(6,30)14-7-8-20-10-12-23-22-11-9-21-18-25(3,29)16-17-27(21,5)24(22)13-15-26(20,23)4/h19-24,29-30H,7-18H2,1-6H3. The Morgan fingerprint density at radius 2 is 1.60 bits per heavy atom. The Bertz CT molecular complexity index is 622. The fraction of sp³-hybridized carbons (Fsp3) is 1.00. The van der Waals surface area contributed by atoms with E-state index in [0.29, 0.717) is 16.7 Å². The van der Waals surface area contributed by atoms with Gasteiger partial charge in [0.1, 0.15) is 0 Å². The molecule has 0 aromatic heterocycles. The van der Waals surface area contributed by atoms with Gasteiger partial charge in [-0.2, -0.15) is 0 Å². The van der Waals surface area contributed by atoms with Gasteiger partial charge in [0, 0.05) is 0 Å². The summed E-state index contributed by atoms with van der Waals surface area (Å²) in [5.74, 6) is 4.69. The van der Waals surface area contributed by atoms with Crippen molar-refractivity contribution in [1.29, 1.82) is 0 Å². The van der Waals surface area contributed by atoms with E-state index in [1.165, 1.54) is 57.8 Å². The van der Waals surface area contributed by atoms with E-state index in [2.05, 4.69) is 34.6 Å². The Morgan fingerprint density at radius 1 is 0.900 bits per heavy atom. The van der Waals surface area contributed by atoms with Gasteiger partial charge in [0.15, 0.2) is 0 Å². The molecule has 2 nitrogen and oxygen atoms in total. The van der Waals surface area contributed by atoms with Gasteiger partial charge in [-0.25, -0.2) is 0 Å². The van der Waals surface area contributed by atoms with Crippen LogP contribution in [-0.4, -0.2) is 21.4 Å². The van der Waals surface area contributed by atoms with Crippen LogP contribution in [0, 0.1) is 46.3 Å². The first kappa shape index (κ1) is 23.1. The van der Waals surface area contributed by atoms with Crippen molar-refractivity contribution in [2.45, 2.75) is 130 Å². The van der Waals surface area contributed by atoms with Gasteiger partial charge in [-0.3, -0.25) is 0 Å². The summed E-state index contributed by atoms with van der Waals surface area (Å²) in [4.78, 5) is 0. The molecule has 30 heavy (non-hydrogen) atoms. The van der Waals surface area contributed by atoms with Gasteiger partial charge in [-0.1, -0.05) is 34.1 Å². The van der Waals surface area contributed by atoms with Crippen LogP contribution in [0.1, 0.15) is 119 Å². The predicted molar refractivity (Wildman–Crippen MR) is 125 cm³/mol. The summed E-state index contributed by atoms with van der Waals surface area (Å²) in [6, 6.07) is 0. The fourth-order valence-corrected chi connectivity index (χ4v) is 9.01. The van der Waals surface area contributed by atoms with Crippen LogP contribution in [-0.2, 0) is 0 Å². The Hall–Kier alpha value is -0.0800. The maximum atomic E-state index is 10.7. The molecule has 0 aromatic carbocycles. The quantitative estimate of drug-likeness (QED) is 0.506. The van der Waals surface area contributed by atoms with Crippen molar-refractivity contribution in [3.05, 3.63) is 0 Å². The zero-order chi connectivity index (χ0) is 21.9. The molecule has 4 aliphatic rings. The Balaban J connectivity index is 1.43. The summed E-state index contributed by atoms with van der Waals surface area (Å²) < 4.78 is 0. The number of fused-ring (bicyclic) bond motifs is 5. The van der Waals surface area contributed by atoms with E-state index in [0.717, 1.165) is 48.9 Å². The third kappa shape index (κ3) is 3.81. The number of hydrogen-bond donors (Lipinski definition) is 2. The average molecular weight is 419 g/mol. The van der Waals surface area contributed by atoms with Crippen LogP contribution < -0.4 is 0 Å². The van der Waals surface area contributed by atoms with E-state index in [1.807, 2.05) is 6.92 Å². The highest BCUT2D eigenvalue weighted by Crippen LogP contribution is 2.68. The second-order valence-electron chi connectivity index (χ2n) is 13.6. The summed E-state index contributed by atoms with van der Waals surface area (Å²) in [6.45, 7) is 13.7. The van der Waals surface area contributed by atoms with Gasteiger partial charge in [0.2, 0.25) is 0 Å². The second-order valence-corrected chi connectivity index (χ2v) is 13.6. The van der Waals surface area contributed by atoms with Crippen molar-refractivity contribution in [2.75, 3.05) is 0 Å². The van der Waals surface area contributed by atoms with E-state index in [9.17, 15) is 10.2 Å². The lowest BCUT2D eigenvalue weighted by atomic mass is 9.44. The van der Waals surface area contributed by atoms with Gasteiger partial charge in [-0.05, 0) is 131 Å². The Morgan fingerprint density at radius 3 is 2.30 bits per heavy atom. The second kappa shape index (κ2) is 7.75. The molecule has 4 rings (SSSR count). The molecule has 0 aromatic rings. The van der Waals surface area contributed by atoms with E-state index in [1.54, 1.807) is 0 Å². The van der Waals surface area contributed by atoms with Crippen molar-refractivity contribution in [3.8, 4) is 0 Å². The Kier molecular flexibility index (Phi) is 5.97. The average Bonchev–Trinajstić information content (AvgIpc) is 2.98. The predicted octanol–water partition coefficient (Wildman–Crippen LogP) is 6.97. The van der Waals surface area contributed by atoms with Gasteiger partial charge in [0.05, 0.1) is 11.2 Å². The molecule has 9 atom stereocenters. The first-order chi connectivity index (χ1) is 13.9. The van der Waals surface area contributed by atoms with Crippen molar-refractivity contribution in [1.82, 2.24) is 0 Å². The summed E-state index contributed by atoms with van der Waals surface area (Å²) in [6.07, 6.45) is 15.2. The zero-order valence-corrected chi connectivity index (χ0v) is 20.8. The molecule has 4 saturated carbocycles. The molecule has 0 amide bonds. The van der Waals surface area contributed by atoms with E-state index >= 15 is 0 Å². The highest BCUT2D eigenvalue weighted by Gasteiger charge is 2.60. The maximum absolute atomic E-state index is 10.7. The van der Waals surface area contributed by atoms with Gasteiger partial charge in [-0.15, -0.1) is 0 Å². The van der Waals surface area contributed by atoms with E-state index < -0.39 is 11.2 Å². The third-order valence-corrected chi connectivity index (χ3v) is 11.6. The van der Waals surface area contributed by atoms with Crippen LogP contribution in [0.2, 0.25) is 0 Å². The molecule has 0 radical (unpaired) electrons. The van der Waals surface area contributed by atoms with Crippen LogP contribution in [0.25, 0.3) is 0 Å². The maximum Gasteiger partial charge on any atom is 0.0642 e. The molecular formula is C28H50O2. The minimum atomic E-state index is -0.508. The van der Waals surface area contributed by atoms with Crippen LogP contribution in [0.5, 0.6) is 0 Å². The van der Waals surface area contributed by atoms with Crippen LogP contribution in [0.15, 0.2) is 0 Å². The minimum absolute atomic E-state index is 0.340. The molecule has 4 aliphatic carbocycles.